The topological polar surface area (TPSA) is 99.4 Å². The number of benzene rings is 1. The van der Waals surface area contributed by atoms with Gasteiger partial charge < -0.3 is 10.3 Å². The fourth-order valence-corrected chi connectivity index (χ4v) is 3.02. The average molecular weight is 384 g/mol. The predicted molar refractivity (Wildman–Crippen MR) is 90.5 cm³/mol. The highest BCUT2D eigenvalue weighted by Crippen LogP contribution is 2.29. The second kappa shape index (κ2) is 7.36. The number of nitrogens with one attached hydrogen (secondary N) is 3. The second-order valence-corrected chi connectivity index (χ2v) is 6.04. The van der Waals surface area contributed by atoms with Crippen LogP contribution in [0.3, 0.4) is 0 Å². The molecule has 138 valence electrons. The van der Waals surface area contributed by atoms with E-state index in [1.807, 2.05) is 24.3 Å². The summed E-state index contributed by atoms with van der Waals surface area (Å²) in [5.74, 6) is -3.95. The van der Waals surface area contributed by atoms with Gasteiger partial charge in [0.2, 0.25) is 5.91 Å². The molecular formula is C15H15F3N6OS. The summed E-state index contributed by atoms with van der Waals surface area (Å²) in [7, 11) is 0. The van der Waals surface area contributed by atoms with Gasteiger partial charge in [-0.2, -0.15) is 31.0 Å². The maximum atomic E-state index is 13.0. The molecule has 7 nitrogen and oxygen atoms in total. The Bertz CT molecular complexity index is 879. The minimum atomic E-state index is -4.69. The monoisotopic (exact) mass is 384 g/mol. The Balaban J connectivity index is 1.86. The largest absolute Gasteiger partial charge is 0.401 e. The highest BCUT2D eigenvalue weighted by Gasteiger charge is 2.44. The second-order valence-electron chi connectivity index (χ2n) is 5.67. The van der Waals surface area contributed by atoms with Gasteiger partial charge in [0.25, 0.3) is 0 Å². The van der Waals surface area contributed by atoms with Crippen molar-refractivity contribution >= 4 is 29.4 Å². The molecular weight excluding hydrogens is 369 g/mol. The number of hydrogen-bond donors (Lipinski definition) is 4. The van der Waals surface area contributed by atoms with Crippen LogP contribution in [0.15, 0.2) is 30.5 Å². The third-order valence-corrected chi connectivity index (χ3v) is 4.35. The number of halogens is 3. The molecule has 1 unspecified atom stereocenters. The summed E-state index contributed by atoms with van der Waals surface area (Å²) in [4.78, 5) is 15.2. The smallest absolute Gasteiger partial charge is 0.361 e. The molecule has 0 aliphatic carbocycles. The lowest BCUT2D eigenvalue weighted by Crippen LogP contribution is -2.42. The molecule has 0 saturated carbocycles. The minimum absolute atomic E-state index is 0.101. The molecule has 2 atom stereocenters. The molecule has 1 amide bonds. The van der Waals surface area contributed by atoms with Crippen molar-refractivity contribution in [3.8, 4) is 0 Å². The number of aromatic nitrogens is 5. The number of carbonyl (C=O) groups excluding carboxylic acids is 1. The van der Waals surface area contributed by atoms with Gasteiger partial charge in [-0.25, -0.2) is 0 Å². The Labute approximate surface area is 151 Å². The van der Waals surface area contributed by atoms with Crippen molar-refractivity contribution in [1.29, 1.82) is 0 Å². The Morgan fingerprint density at radius 1 is 1.31 bits per heavy atom. The van der Waals surface area contributed by atoms with Gasteiger partial charge in [0.15, 0.2) is 5.82 Å². The molecule has 0 aliphatic rings. The zero-order chi connectivity index (χ0) is 18.7. The van der Waals surface area contributed by atoms with Crippen LogP contribution in [0, 0.1) is 5.92 Å². The number of alkyl halides is 3. The van der Waals surface area contributed by atoms with Gasteiger partial charge in [-0.1, -0.05) is 23.4 Å². The molecule has 3 rings (SSSR count). The SMILES string of the molecule is O=C(N[C@@H](Cc1c[nH]c2ccccc12)c1nn[nH]n1)C(CS)C(F)(F)F. The molecule has 2 heterocycles. The number of hydrogen-bond acceptors (Lipinski definition) is 5. The molecule has 0 bridgehead atoms. The first-order valence-electron chi connectivity index (χ1n) is 7.66. The van der Waals surface area contributed by atoms with E-state index in [1.165, 1.54) is 0 Å². The number of carbonyl (C=O) groups is 1. The molecule has 0 fully saturated rings. The van der Waals surface area contributed by atoms with Crippen LogP contribution in [0.1, 0.15) is 17.4 Å². The van der Waals surface area contributed by atoms with Crippen LogP contribution in [0.25, 0.3) is 10.9 Å². The number of aromatic amines is 2. The quantitative estimate of drug-likeness (QED) is 0.490. The Kier molecular flexibility index (Phi) is 5.16. The summed E-state index contributed by atoms with van der Waals surface area (Å²) in [6, 6.07) is 6.60. The molecule has 11 heteroatoms. The van der Waals surface area contributed by atoms with Crippen LogP contribution in [0.2, 0.25) is 0 Å². The Morgan fingerprint density at radius 2 is 2.08 bits per heavy atom. The lowest BCUT2D eigenvalue weighted by molar-refractivity contribution is -0.178. The normalized spacial score (nSPS) is 14.3. The van der Waals surface area contributed by atoms with Crippen molar-refractivity contribution in [3.05, 3.63) is 41.9 Å². The fourth-order valence-electron chi connectivity index (χ4n) is 2.65. The Morgan fingerprint density at radius 3 is 2.73 bits per heavy atom. The van der Waals surface area contributed by atoms with Crippen LogP contribution in [0.4, 0.5) is 13.2 Å². The lowest BCUT2D eigenvalue weighted by Gasteiger charge is -2.21. The molecule has 3 N–H and O–H groups in total. The molecule has 0 spiro atoms. The van der Waals surface area contributed by atoms with Gasteiger partial charge in [-0.05, 0) is 11.6 Å². The van der Waals surface area contributed by atoms with E-state index < -0.39 is 29.8 Å². The maximum Gasteiger partial charge on any atom is 0.401 e. The van der Waals surface area contributed by atoms with E-state index >= 15 is 0 Å². The third kappa shape index (κ3) is 3.82. The van der Waals surface area contributed by atoms with E-state index in [0.717, 1.165) is 16.5 Å². The van der Waals surface area contributed by atoms with Crippen LogP contribution in [0.5, 0.6) is 0 Å². The van der Waals surface area contributed by atoms with Crippen LogP contribution in [-0.2, 0) is 11.2 Å². The van der Waals surface area contributed by atoms with Crippen LogP contribution >= 0.6 is 12.6 Å². The van der Waals surface area contributed by atoms with Gasteiger partial charge in [0, 0.05) is 29.3 Å². The molecule has 0 aliphatic heterocycles. The van der Waals surface area contributed by atoms with Crippen LogP contribution in [-0.4, -0.2) is 43.4 Å². The number of amides is 1. The number of para-hydroxylation sites is 1. The van der Waals surface area contributed by atoms with E-state index in [1.54, 1.807) is 6.20 Å². The first-order valence-corrected chi connectivity index (χ1v) is 8.29. The minimum Gasteiger partial charge on any atom is -0.361 e. The standard InChI is InChI=1S/C15H15F3N6OS/c16-15(17,18)10(7-26)14(25)20-12(13-21-23-24-22-13)5-8-6-19-11-4-2-1-3-9(8)11/h1-4,6,10,12,19,26H,5,7H2,(H,20,25)(H,21,22,23,24)/t10?,12-/m0/s1. The number of tetrazole rings is 1. The molecule has 3 aromatic rings. The number of nitrogens with zero attached hydrogens (tertiary/aromatic N) is 3. The Hall–Kier alpha value is -2.56. The van der Waals surface area contributed by atoms with Crippen molar-refractivity contribution in [2.24, 2.45) is 5.92 Å². The van der Waals surface area contributed by atoms with Crippen molar-refractivity contribution in [1.82, 2.24) is 30.9 Å². The lowest BCUT2D eigenvalue weighted by atomic mass is 10.0. The van der Waals surface area contributed by atoms with Crippen molar-refractivity contribution in [2.75, 3.05) is 5.75 Å². The highest BCUT2D eigenvalue weighted by atomic mass is 32.1. The molecule has 26 heavy (non-hydrogen) atoms. The van der Waals surface area contributed by atoms with E-state index in [-0.39, 0.29) is 12.2 Å². The summed E-state index contributed by atoms with van der Waals surface area (Å²) >= 11 is 3.65. The number of thiol groups is 1. The van der Waals surface area contributed by atoms with Gasteiger partial charge in [0.05, 0.1) is 6.04 Å². The van der Waals surface area contributed by atoms with E-state index in [9.17, 15) is 18.0 Å². The van der Waals surface area contributed by atoms with Crippen molar-refractivity contribution in [2.45, 2.75) is 18.6 Å². The van der Waals surface area contributed by atoms with Crippen molar-refractivity contribution < 1.29 is 18.0 Å². The van der Waals surface area contributed by atoms with E-state index in [0.29, 0.717) is 0 Å². The zero-order valence-electron chi connectivity index (χ0n) is 13.3. The fraction of sp³-hybridized carbons (Fsp3) is 0.333. The van der Waals surface area contributed by atoms with E-state index in [4.69, 9.17) is 0 Å². The van der Waals surface area contributed by atoms with Crippen molar-refractivity contribution in [3.63, 3.8) is 0 Å². The summed E-state index contributed by atoms with van der Waals surface area (Å²) < 4.78 is 39.0. The number of rotatable bonds is 6. The number of H-pyrrole nitrogens is 2. The third-order valence-electron chi connectivity index (χ3n) is 3.98. The van der Waals surface area contributed by atoms with Gasteiger partial charge in [0.1, 0.15) is 5.92 Å². The first kappa shape index (κ1) is 18.2. The summed E-state index contributed by atoms with van der Waals surface area (Å²) in [6.45, 7) is 0. The summed E-state index contributed by atoms with van der Waals surface area (Å²) in [5.41, 5.74) is 1.69. The average Bonchev–Trinajstić information content (AvgIpc) is 3.23. The first-order chi connectivity index (χ1) is 12.4. The maximum absolute atomic E-state index is 13.0. The van der Waals surface area contributed by atoms with E-state index in [2.05, 4.69) is 43.6 Å². The predicted octanol–water partition coefficient (Wildman–Crippen LogP) is 2.19. The molecule has 1 aromatic carbocycles. The molecule has 0 radical (unpaired) electrons. The van der Waals surface area contributed by atoms with Gasteiger partial charge in [-0.15, -0.1) is 10.2 Å². The molecule has 0 saturated heterocycles. The van der Waals surface area contributed by atoms with Gasteiger partial charge >= 0.3 is 6.18 Å². The van der Waals surface area contributed by atoms with Gasteiger partial charge in [-0.3, -0.25) is 4.79 Å². The number of fused-ring (bicyclic) bond motifs is 1. The molecule has 2 aromatic heterocycles. The van der Waals surface area contributed by atoms with Crippen LogP contribution < -0.4 is 5.32 Å². The highest BCUT2D eigenvalue weighted by molar-refractivity contribution is 7.80. The zero-order valence-corrected chi connectivity index (χ0v) is 14.2. The summed E-state index contributed by atoms with van der Waals surface area (Å²) in [5, 5.41) is 16.6. The summed E-state index contributed by atoms with van der Waals surface area (Å²) in [6.07, 6.45) is -2.75.